The lowest BCUT2D eigenvalue weighted by Gasteiger charge is -2.14. The van der Waals surface area contributed by atoms with Crippen LogP contribution in [0.2, 0.25) is 5.02 Å². The highest BCUT2D eigenvalue weighted by Crippen LogP contribution is 2.16. The molecule has 0 bridgehead atoms. The van der Waals surface area contributed by atoms with Crippen molar-refractivity contribution in [1.29, 1.82) is 0 Å². The summed E-state index contributed by atoms with van der Waals surface area (Å²) in [6, 6.07) is 7.02. The molecule has 7 heteroatoms. The lowest BCUT2D eigenvalue weighted by Crippen LogP contribution is -2.38. The van der Waals surface area contributed by atoms with Crippen LogP contribution in [-0.2, 0) is 4.79 Å². The van der Waals surface area contributed by atoms with Gasteiger partial charge in [0.1, 0.15) is 18.9 Å². The molecule has 1 aliphatic rings. The van der Waals surface area contributed by atoms with Gasteiger partial charge in [-0.15, -0.1) is 0 Å². The zero-order valence-corrected chi connectivity index (χ0v) is 12.4. The summed E-state index contributed by atoms with van der Waals surface area (Å²) in [5.41, 5.74) is 0. The first kappa shape index (κ1) is 15.0. The number of benzene rings is 1. The van der Waals surface area contributed by atoms with Gasteiger partial charge < -0.3 is 15.0 Å². The van der Waals surface area contributed by atoms with Crippen molar-refractivity contribution >= 4 is 34.5 Å². The molecular formula is C13H15ClN2O3S. The number of nitrogens with one attached hydrogen (secondary N) is 1. The Morgan fingerprint density at radius 1 is 1.40 bits per heavy atom. The van der Waals surface area contributed by atoms with E-state index in [0.29, 0.717) is 30.5 Å². The molecule has 5 nitrogen and oxygen atoms in total. The fraction of sp³-hybridized carbons (Fsp3) is 0.385. The second-order valence-electron chi connectivity index (χ2n) is 4.19. The highest BCUT2D eigenvalue weighted by atomic mass is 35.5. The van der Waals surface area contributed by atoms with E-state index in [4.69, 9.17) is 16.3 Å². The number of amides is 2. The number of carbonyl (C=O) groups excluding carboxylic acids is 2. The van der Waals surface area contributed by atoms with Gasteiger partial charge >= 0.3 is 0 Å². The van der Waals surface area contributed by atoms with E-state index in [9.17, 15) is 9.59 Å². The fourth-order valence-electron chi connectivity index (χ4n) is 1.69. The zero-order chi connectivity index (χ0) is 14.4. The average Bonchev–Trinajstić information content (AvgIpc) is 2.82. The molecule has 1 fully saturated rings. The number of hydrogen-bond acceptors (Lipinski definition) is 4. The van der Waals surface area contributed by atoms with Crippen LogP contribution in [0.4, 0.5) is 4.79 Å². The summed E-state index contributed by atoms with van der Waals surface area (Å²) in [7, 11) is 0. The Labute approximate surface area is 126 Å². The number of ether oxygens (including phenoxy) is 1. The Kier molecular flexibility index (Phi) is 5.55. The lowest BCUT2D eigenvalue weighted by molar-refractivity contribution is -0.121. The second kappa shape index (κ2) is 7.40. The molecular weight excluding hydrogens is 300 g/mol. The number of rotatable bonds is 6. The van der Waals surface area contributed by atoms with Crippen LogP contribution in [0.25, 0.3) is 0 Å². The highest BCUT2D eigenvalue weighted by Gasteiger charge is 2.22. The van der Waals surface area contributed by atoms with Gasteiger partial charge in [0.2, 0.25) is 5.91 Å². The summed E-state index contributed by atoms with van der Waals surface area (Å²) in [4.78, 5) is 24.5. The standard InChI is InChI=1S/C13H15ClN2O3S/c14-10-1-3-11(4-2-10)19-7-5-15-12(17)9-16-6-8-20-13(16)18/h1-4H,5-9H2,(H,15,17). The minimum absolute atomic E-state index is 0.0300. The van der Waals surface area contributed by atoms with E-state index in [-0.39, 0.29) is 17.7 Å². The van der Waals surface area contributed by atoms with Gasteiger partial charge in [0.15, 0.2) is 0 Å². The Balaban J connectivity index is 1.62. The number of hydrogen-bond donors (Lipinski definition) is 1. The number of nitrogens with zero attached hydrogens (tertiary/aromatic N) is 1. The van der Waals surface area contributed by atoms with Crippen LogP contribution in [0.3, 0.4) is 0 Å². The minimum Gasteiger partial charge on any atom is -0.492 e. The van der Waals surface area contributed by atoms with E-state index < -0.39 is 0 Å². The fourth-order valence-corrected chi connectivity index (χ4v) is 2.64. The molecule has 2 rings (SSSR count). The molecule has 1 aromatic carbocycles. The quantitative estimate of drug-likeness (QED) is 0.816. The molecule has 0 unspecified atom stereocenters. The van der Waals surface area contributed by atoms with E-state index in [1.807, 2.05) is 0 Å². The normalized spacial score (nSPS) is 14.4. The summed E-state index contributed by atoms with van der Waals surface area (Å²) in [6.07, 6.45) is 0. The van der Waals surface area contributed by atoms with Gasteiger partial charge in [0.05, 0.1) is 6.54 Å². The summed E-state index contributed by atoms with van der Waals surface area (Å²) >= 11 is 7.01. The van der Waals surface area contributed by atoms with Crippen LogP contribution in [0.5, 0.6) is 5.75 Å². The first-order valence-electron chi connectivity index (χ1n) is 6.22. The molecule has 1 aliphatic heterocycles. The summed E-state index contributed by atoms with van der Waals surface area (Å²) in [6.45, 7) is 1.53. The van der Waals surface area contributed by atoms with Crippen molar-refractivity contribution in [3.63, 3.8) is 0 Å². The van der Waals surface area contributed by atoms with Gasteiger partial charge in [-0.25, -0.2) is 0 Å². The number of halogens is 1. The summed E-state index contributed by atoms with van der Waals surface area (Å²) < 4.78 is 5.44. The van der Waals surface area contributed by atoms with Gasteiger partial charge in [-0.1, -0.05) is 23.4 Å². The average molecular weight is 315 g/mol. The van der Waals surface area contributed by atoms with E-state index in [0.717, 1.165) is 5.75 Å². The first-order chi connectivity index (χ1) is 9.65. The van der Waals surface area contributed by atoms with E-state index in [1.54, 1.807) is 29.2 Å². The Bertz CT molecular complexity index is 481. The van der Waals surface area contributed by atoms with Crippen molar-refractivity contribution in [2.45, 2.75) is 0 Å². The van der Waals surface area contributed by atoms with Gasteiger partial charge in [0, 0.05) is 17.3 Å². The predicted octanol–water partition coefficient (Wildman–Crippen LogP) is 2.00. The van der Waals surface area contributed by atoms with Crippen LogP contribution in [0, 0.1) is 0 Å². The van der Waals surface area contributed by atoms with Gasteiger partial charge in [0.25, 0.3) is 5.24 Å². The molecule has 20 heavy (non-hydrogen) atoms. The third-order valence-electron chi connectivity index (χ3n) is 2.69. The molecule has 0 radical (unpaired) electrons. The lowest BCUT2D eigenvalue weighted by atomic mass is 10.3. The van der Waals surface area contributed by atoms with Crippen LogP contribution in [0.15, 0.2) is 24.3 Å². The maximum absolute atomic E-state index is 11.6. The molecule has 1 heterocycles. The Hall–Kier alpha value is -1.40. The van der Waals surface area contributed by atoms with E-state index in [1.165, 1.54) is 11.8 Å². The minimum atomic E-state index is -0.166. The predicted molar refractivity (Wildman–Crippen MR) is 79.4 cm³/mol. The molecule has 2 amide bonds. The smallest absolute Gasteiger partial charge is 0.282 e. The van der Waals surface area contributed by atoms with Crippen molar-refractivity contribution in [3.8, 4) is 5.75 Å². The summed E-state index contributed by atoms with van der Waals surface area (Å²) in [5.74, 6) is 1.29. The molecule has 0 aliphatic carbocycles. The maximum atomic E-state index is 11.6. The molecule has 108 valence electrons. The Morgan fingerprint density at radius 2 is 2.15 bits per heavy atom. The molecule has 0 aromatic heterocycles. The maximum Gasteiger partial charge on any atom is 0.282 e. The molecule has 0 atom stereocenters. The van der Waals surface area contributed by atoms with Crippen molar-refractivity contribution in [2.24, 2.45) is 0 Å². The zero-order valence-electron chi connectivity index (χ0n) is 10.8. The molecule has 1 saturated heterocycles. The third kappa shape index (κ3) is 4.61. The first-order valence-corrected chi connectivity index (χ1v) is 7.58. The van der Waals surface area contributed by atoms with Crippen molar-refractivity contribution < 1.29 is 14.3 Å². The number of carbonyl (C=O) groups is 2. The monoisotopic (exact) mass is 314 g/mol. The SMILES string of the molecule is O=C(CN1CCSC1=O)NCCOc1ccc(Cl)cc1. The second-order valence-corrected chi connectivity index (χ2v) is 5.67. The van der Waals surface area contributed by atoms with Crippen molar-refractivity contribution in [3.05, 3.63) is 29.3 Å². The van der Waals surface area contributed by atoms with Crippen molar-refractivity contribution in [2.75, 3.05) is 32.0 Å². The summed E-state index contributed by atoms with van der Waals surface area (Å²) in [5, 5.41) is 3.34. The van der Waals surface area contributed by atoms with Crippen LogP contribution in [-0.4, -0.2) is 48.0 Å². The topological polar surface area (TPSA) is 58.6 Å². The van der Waals surface area contributed by atoms with Crippen molar-refractivity contribution in [1.82, 2.24) is 10.2 Å². The molecule has 0 spiro atoms. The molecule has 1 N–H and O–H groups in total. The van der Waals surface area contributed by atoms with E-state index >= 15 is 0 Å². The van der Waals surface area contributed by atoms with Crippen LogP contribution >= 0.6 is 23.4 Å². The third-order valence-corrected chi connectivity index (χ3v) is 3.83. The van der Waals surface area contributed by atoms with Crippen LogP contribution < -0.4 is 10.1 Å². The van der Waals surface area contributed by atoms with Crippen LogP contribution in [0.1, 0.15) is 0 Å². The molecule has 0 saturated carbocycles. The number of thioether (sulfide) groups is 1. The molecule has 1 aromatic rings. The highest BCUT2D eigenvalue weighted by molar-refractivity contribution is 8.13. The van der Waals surface area contributed by atoms with Gasteiger partial charge in [-0.2, -0.15) is 0 Å². The Morgan fingerprint density at radius 3 is 2.80 bits per heavy atom. The van der Waals surface area contributed by atoms with E-state index in [2.05, 4.69) is 5.32 Å². The van der Waals surface area contributed by atoms with Gasteiger partial charge in [-0.05, 0) is 24.3 Å². The largest absolute Gasteiger partial charge is 0.492 e. The van der Waals surface area contributed by atoms with Gasteiger partial charge in [-0.3, -0.25) is 9.59 Å².